The van der Waals surface area contributed by atoms with Crippen molar-refractivity contribution in [2.75, 3.05) is 6.61 Å². The number of nitrogens with one attached hydrogen (secondary N) is 2. The van der Waals surface area contributed by atoms with Crippen molar-refractivity contribution >= 4 is 41.1 Å². The number of hydrogen-bond acceptors (Lipinski definition) is 3. The predicted octanol–water partition coefficient (Wildman–Crippen LogP) is 3.54. The fraction of sp³-hybridized carbons (Fsp3) is 0.111. The van der Waals surface area contributed by atoms with Crippen molar-refractivity contribution < 1.29 is 14.3 Å². The summed E-state index contributed by atoms with van der Waals surface area (Å²) in [6.45, 7) is 1.62. The minimum Gasteiger partial charge on any atom is -0.482 e. The molecule has 5 nitrogen and oxygen atoms in total. The topological polar surface area (TPSA) is 67.4 Å². The molecule has 0 heterocycles. The number of hydrazine groups is 1. The zero-order valence-electron chi connectivity index (χ0n) is 13.4. The van der Waals surface area contributed by atoms with Crippen molar-refractivity contribution in [3.05, 3.63) is 69.7 Å². The van der Waals surface area contributed by atoms with Gasteiger partial charge in [-0.3, -0.25) is 20.4 Å². The highest BCUT2D eigenvalue weighted by atomic mass is 35.5. The Balaban J connectivity index is 1.77. The number of carbonyl (C=O) groups excluding carboxylic acids is 2. The van der Waals surface area contributed by atoms with Gasteiger partial charge in [-0.2, -0.15) is 0 Å². The van der Waals surface area contributed by atoms with E-state index in [1.54, 1.807) is 36.4 Å². The molecule has 2 rings (SSSR count). The monoisotopic (exact) mass is 378 g/mol. The second kappa shape index (κ2) is 9.11. The molecule has 2 aromatic rings. The van der Waals surface area contributed by atoms with Crippen LogP contribution in [0.15, 0.2) is 48.5 Å². The molecule has 7 heteroatoms. The third-order valence-electron chi connectivity index (χ3n) is 3.14. The van der Waals surface area contributed by atoms with Gasteiger partial charge in [0.05, 0.1) is 5.02 Å². The molecule has 0 saturated carbocycles. The molecule has 130 valence electrons. The number of para-hydroxylation sites is 1. The van der Waals surface area contributed by atoms with Gasteiger partial charge in [0.2, 0.25) is 0 Å². The van der Waals surface area contributed by atoms with E-state index in [0.29, 0.717) is 15.8 Å². The third kappa shape index (κ3) is 6.14. The van der Waals surface area contributed by atoms with E-state index in [9.17, 15) is 9.59 Å². The molecule has 0 aliphatic rings. The Morgan fingerprint density at radius 3 is 2.56 bits per heavy atom. The van der Waals surface area contributed by atoms with Crippen LogP contribution in [-0.2, 0) is 9.59 Å². The maximum absolute atomic E-state index is 11.7. The summed E-state index contributed by atoms with van der Waals surface area (Å²) in [5.41, 5.74) is 6.23. The van der Waals surface area contributed by atoms with Crippen molar-refractivity contribution in [3.63, 3.8) is 0 Å². The first-order valence-corrected chi connectivity index (χ1v) is 8.11. The van der Waals surface area contributed by atoms with E-state index < -0.39 is 11.8 Å². The molecular weight excluding hydrogens is 363 g/mol. The molecule has 0 aliphatic carbocycles. The summed E-state index contributed by atoms with van der Waals surface area (Å²) in [5, 5.41) is 1.02. The van der Waals surface area contributed by atoms with Crippen LogP contribution in [0.25, 0.3) is 6.08 Å². The van der Waals surface area contributed by atoms with Gasteiger partial charge in [-0.1, -0.05) is 47.5 Å². The van der Waals surface area contributed by atoms with Crippen molar-refractivity contribution in [3.8, 4) is 5.75 Å². The lowest BCUT2D eigenvalue weighted by atomic mass is 10.1. The van der Waals surface area contributed by atoms with Crippen LogP contribution in [0.1, 0.15) is 11.1 Å². The largest absolute Gasteiger partial charge is 0.482 e. The second-order valence-electron chi connectivity index (χ2n) is 5.10. The fourth-order valence-electron chi connectivity index (χ4n) is 1.80. The molecule has 0 aliphatic heterocycles. The lowest BCUT2D eigenvalue weighted by Gasteiger charge is -2.08. The lowest BCUT2D eigenvalue weighted by Crippen LogP contribution is -2.43. The molecule has 0 fully saturated rings. The Morgan fingerprint density at radius 1 is 1.08 bits per heavy atom. The summed E-state index contributed by atoms with van der Waals surface area (Å²) in [4.78, 5) is 23.3. The van der Waals surface area contributed by atoms with E-state index in [4.69, 9.17) is 27.9 Å². The Hall–Kier alpha value is -2.50. The van der Waals surface area contributed by atoms with Gasteiger partial charge < -0.3 is 4.74 Å². The van der Waals surface area contributed by atoms with E-state index in [-0.39, 0.29) is 6.61 Å². The molecule has 0 aromatic heterocycles. The second-order valence-corrected chi connectivity index (χ2v) is 5.91. The molecule has 2 N–H and O–H groups in total. The van der Waals surface area contributed by atoms with Crippen molar-refractivity contribution in [2.45, 2.75) is 6.92 Å². The van der Waals surface area contributed by atoms with Crippen LogP contribution in [0.3, 0.4) is 0 Å². The molecule has 0 saturated heterocycles. The predicted molar refractivity (Wildman–Crippen MR) is 98.5 cm³/mol. The van der Waals surface area contributed by atoms with Gasteiger partial charge in [0.1, 0.15) is 5.75 Å². The van der Waals surface area contributed by atoms with E-state index >= 15 is 0 Å². The van der Waals surface area contributed by atoms with E-state index in [1.165, 1.54) is 6.08 Å². The van der Waals surface area contributed by atoms with Crippen LogP contribution in [0.4, 0.5) is 0 Å². The zero-order valence-corrected chi connectivity index (χ0v) is 14.9. The summed E-state index contributed by atoms with van der Waals surface area (Å²) in [5.74, 6) is -0.607. The number of rotatable bonds is 5. The molecule has 2 aromatic carbocycles. The van der Waals surface area contributed by atoms with Crippen molar-refractivity contribution in [2.24, 2.45) is 0 Å². The Morgan fingerprint density at radius 2 is 1.84 bits per heavy atom. The molecule has 0 bridgehead atoms. The third-order valence-corrected chi connectivity index (χ3v) is 3.86. The first-order chi connectivity index (χ1) is 12.0. The molecule has 0 unspecified atom stereocenters. The Bertz CT molecular complexity index is 807. The van der Waals surface area contributed by atoms with Gasteiger partial charge in [0.15, 0.2) is 6.61 Å². The van der Waals surface area contributed by atoms with Crippen LogP contribution in [0, 0.1) is 6.92 Å². The van der Waals surface area contributed by atoms with Gasteiger partial charge in [-0.25, -0.2) is 0 Å². The van der Waals surface area contributed by atoms with Crippen molar-refractivity contribution in [1.29, 1.82) is 0 Å². The molecule has 0 spiro atoms. The molecule has 25 heavy (non-hydrogen) atoms. The highest BCUT2D eigenvalue weighted by molar-refractivity contribution is 6.32. The standard InChI is InChI=1S/C18H16Cl2N2O3/c1-12-6-7-13(10-15(12)20)8-9-17(23)21-22-18(24)11-25-16-5-3-2-4-14(16)19/h2-10H,11H2,1H3,(H,21,23)(H,22,24)/b9-8+. The van der Waals surface area contributed by atoms with E-state index in [2.05, 4.69) is 10.9 Å². The molecular formula is C18H16Cl2N2O3. The summed E-state index contributed by atoms with van der Waals surface area (Å²) in [7, 11) is 0. The van der Waals surface area contributed by atoms with Crippen molar-refractivity contribution in [1.82, 2.24) is 10.9 Å². The summed E-state index contributed by atoms with van der Waals surface area (Å²) < 4.78 is 5.26. The van der Waals surface area contributed by atoms with Crippen LogP contribution in [-0.4, -0.2) is 18.4 Å². The van der Waals surface area contributed by atoms with Gasteiger partial charge in [-0.15, -0.1) is 0 Å². The number of amides is 2. The molecule has 0 radical (unpaired) electrons. The van der Waals surface area contributed by atoms with Gasteiger partial charge in [0.25, 0.3) is 11.8 Å². The highest BCUT2D eigenvalue weighted by Crippen LogP contribution is 2.22. The lowest BCUT2D eigenvalue weighted by molar-refractivity contribution is -0.128. The number of benzene rings is 2. The fourth-order valence-corrected chi connectivity index (χ4v) is 2.18. The number of ether oxygens (including phenoxy) is 1. The first-order valence-electron chi connectivity index (χ1n) is 7.36. The average Bonchev–Trinajstić information content (AvgIpc) is 2.60. The highest BCUT2D eigenvalue weighted by Gasteiger charge is 2.06. The minimum atomic E-state index is -0.514. The van der Waals surface area contributed by atoms with Crippen LogP contribution < -0.4 is 15.6 Å². The summed E-state index contributed by atoms with van der Waals surface area (Å²) in [6, 6.07) is 12.2. The van der Waals surface area contributed by atoms with Gasteiger partial charge in [-0.05, 0) is 42.3 Å². The van der Waals surface area contributed by atoms with Crippen LogP contribution in [0.2, 0.25) is 10.0 Å². The minimum absolute atomic E-state index is 0.276. The first kappa shape index (κ1) is 18.8. The Kier molecular flexibility index (Phi) is 6.86. The van der Waals surface area contributed by atoms with E-state index in [0.717, 1.165) is 11.1 Å². The maximum atomic E-state index is 11.7. The van der Waals surface area contributed by atoms with Gasteiger partial charge in [0, 0.05) is 11.1 Å². The quantitative estimate of drug-likeness (QED) is 0.617. The SMILES string of the molecule is Cc1ccc(/C=C/C(=O)NNC(=O)COc2ccccc2Cl)cc1Cl. The normalized spacial score (nSPS) is 10.5. The Labute approximate surface area is 155 Å². The average molecular weight is 379 g/mol. The number of carbonyl (C=O) groups is 2. The number of halogens is 2. The van der Waals surface area contributed by atoms with Crippen LogP contribution in [0.5, 0.6) is 5.75 Å². The summed E-state index contributed by atoms with van der Waals surface area (Å²) >= 11 is 11.9. The maximum Gasteiger partial charge on any atom is 0.276 e. The summed E-state index contributed by atoms with van der Waals surface area (Å²) in [6.07, 6.45) is 2.88. The smallest absolute Gasteiger partial charge is 0.276 e. The number of aryl methyl sites for hydroxylation is 1. The van der Waals surface area contributed by atoms with Crippen LogP contribution >= 0.6 is 23.2 Å². The van der Waals surface area contributed by atoms with E-state index in [1.807, 2.05) is 19.1 Å². The zero-order chi connectivity index (χ0) is 18.2. The van der Waals surface area contributed by atoms with Gasteiger partial charge >= 0.3 is 0 Å². The number of hydrogen-bond donors (Lipinski definition) is 2. The molecule has 2 amide bonds. The molecule has 0 atom stereocenters.